The highest BCUT2D eigenvalue weighted by Gasteiger charge is 2.63. The summed E-state index contributed by atoms with van der Waals surface area (Å²) in [6.07, 6.45) is 3.60. The van der Waals surface area contributed by atoms with Crippen LogP contribution in [0.2, 0.25) is 0 Å². The van der Waals surface area contributed by atoms with Gasteiger partial charge in [-0.2, -0.15) is 0 Å². The molecule has 1 aliphatic heterocycles. The fraction of sp³-hybridized carbons (Fsp3) is 0.605. The summed E-state index contributed by atoms with van der Waals surface area (Å²) in [4.78, 5) is 62.6. The quantitative estimate of drug-likeness (QED) is 0.178. The Kier molecular flexibility index (Phi) is 11.6. The molecule has 2 aromatic rings. The minimum atomic E-state index is -4.14. The van der Waals surface area contributed by atoms with E-state index in [0.29, 0.717) is 42.2 Å². The first-order valence-electron chi connectivity index (χ1n) is 20.1. The number of hydrogen-bond acceptors (Lipinski definition) is 10. The van der Waals surface area contributed by atoms with Crippen LogP contribution in [0.4, 0.5) is 4.79 Å². The summed E-state index contributed by atoms with van der Waals surface area (Å²) in [5, 5.41) is 6.32. The number of hydrogen-bond donors (Lipinski definition) is 3. The molecule has 3 aliphatic carbocycles. The average molecular weight is 820 g/mol. The standard InChI is InChI=1S/C43H57N5O9S/c1-10-12-13-18-42(19-20-42)58(53,54)47-38(51)43(24-27(43)11-2)46-36(49)33-22-29(25-48(33)37(50)35(40(3,4)5)45-39(52)57-41(6,7)8)56-34-23-31(26-14-15-26)44-32-21-28(55-9)16-17-30(32)34/h11,16-17,21,23,26-27,29,33,35H,2,10,14-15,18-20,22,24-25H2,1,3-9H3,(H,45,52)(H,46,49)(H,47,51). The van der Waals surface area contributed by atoms with E-state index in [2.05, 4.69) is 33.8 Å². The predicted molar refractivity (Wildman–Crippen MR) is 218 cm³/mol. The van der Waals surface area contributed by atoms with Crippen molar-refractivity contribution in [2.45, 2.75) is 140 Å². The predicted octanol–water partition coefficient (Wildman–Crippen LogP) is 5.25. The summed E-state index contributed by atoms with van der Waals surface area (Å²) >= 11 is 0. The third kappa shape index (κ3) is 9.07. The Morgan fingerprint density at radius 2 is 1.79 bits per heavy atom. The van der Waals surface area contributed by atoms with Gasteiger partial charge >= 0.3 is 6.09 Å². The summed E-state index contributed by atoms with van der Waals surface area (Å²) in [6.45, 7) is 16.2. The molecule has 0 spiro atoms. The Bertz CT molecular complexity index is 2160. The molecule has 0 bridgehead atoms. The van der Waals surface area contributed by atoms with Gasteiger partial charge < -0.3 is 29.7 Å². The minimum Gasteiger partial charge on any atom is -0.497 e. The van der Waals surface area contributed by atoms with Gasteiger partial charge in [0.2, 0.25) is 21.8 Å². The van der Waals surface area contributed by atoms with E-state index in [1.807, 2.05) is 31.2 Å². The first kappa shape index (κ1) is 42.8. The number of likely N-dealkylation sites (tertiary alicyclic amines) is 1. The number of fused-ring (bicyclic) bond motifs is 1. The smallest absolute Gasteiger partial charge is 0.408 e. The van der Waals surface area contributed by atoms with E-state index in [4.69, 9.17) is 19.2 Å². The Morgan fingerprint density at radius 3 is 2.36 bits per heavy atom. The number of rotatable bonds is 13. The van der Waals surface area contributed by atoms with Gasteiger partial charge in [0.25, 0.3) is 5.91 Å². The number of pyridine rings is 1. The van der Waals surface area contributed by atoms with Gasteiger partial charge in [0.1, 0.15) is 45.6 Å². The number of methoxy groups -OCH3 is 1. The van der Waals surface area contributed by atoms with E-state index < -0.39 is 79.2 Å². The lowest BCUT2D eigenvalue weighted by molar-refractivity contribution is -0.143. The second-order valence-corrected chi connectivity index (χ2v) is 20.2. The highest BCUT2D eigenvalue weighted by molar-refractivity contribution is 7.91. The van der Waals surface area contributed by atoms with Crippen LogP contribution in [0.3, 0.4) is 0 Å². The molecule has 15 heteroatoms. The van der Waals surface area contributed by atoms with Gasteiger partial charge in [-0.05, 0) is 70.4 Å². The van der Waals surface area contributed by atoms with Gasteiger partial charge in [0.15, 0.2) is 0 Å². The molecule has 1 saturated heterocycles. The summed E-state index contributed by atoms with van der Waals surface area (Å²) < 4.78 is 45.9. The third-order valence-electron chi connectivity index (χ3n) is 11.3. The van der Waals surface area contributed by atoms with Crippen molar-refractivity contribution in [1.29, 1.82) is 0 Å². The molecule has 4 fully saturated rings. The Balaban J connectivity index is 1.30. The molecule has 3 saturated carbocycles. The molecule has 1 aromatic heterocycles. The molecule has 4 amide bonds. The number of aromatic nitrogens is 1. The van der Waals surface area contributed by atoms with Gasteiger partial charge in [0.05, 0.1) is 19.2 Å². The monoisotopic (exact) mass is 819 g/mol. The lowest BCUT2D eigenvalue weighted by atomic mass is 9.85. The van der Waals surface area contributed by atoms with Crippen molar-refractivity contribution in [2.24, 2.45) is 11.3 Å². The minimum absolute atomic E-state index is 0.0298. The lowest BCUT2D eigenvalue weighted by Gasteiger charge is -2.36. The summed E-state index contributed by atoms with van der Waals surface area (Å²) in [5.74, 6) is 4.65. The molecule has 3 N–H and O–H groups in total. The normalized spacial score (nSPS) is 24.1. The van der Waals surface area contributed by atoms with Crippen LogP contribution < -0.4 is 24.8 Å². The van der Waals surface area contributed by atoms with Crippen molar-refractivity contribution >= 4 is 44.7 Å². The fourth-order valence-electron chi connectivity index (χ4n) is 7.49. The van der Waals surface area contributed by atoms with Gasteiger partial charge in [-0.25, -0.2) is 13.2 Å². The molecular formula is C43H57N5O9S. The maximum atomic E-state index is 14.7. The van der Waals surface area contributed by atoms with E-state index in [1.165, 1.54) is 11.0 Å². The molecule has 314 valence electrons. The van der Waals surface area contributed by atoms with Crippen molar-refractivity contribution in [3.63, 3.8) is 0 Å². The average Bonchev–Trinajstić information content (AvgIpc) is 4.05. The first-order valence-corrected chi connectivity index (χ1v) is 21.6. The molecule has 4 aliphatic rings. The van der Waals surface area contributed by atoms with Crippen LogP contribution in [0.25, 0.3) is 10.9 Å². The number of carbonyl (C=O) groups excluding carboxylic acids is 4. The molecule has 14 nitrogen and oxygen atoms in total. The zero-order valence-corrected chi connectivity index (χ0v) is 35.6. The number of ether oxygens (including phenoxy) is 3. The number of benzene rings is 1. The number of carbonyl (C=O) groups is 4. The zero-order valence-electron chi connectivity index (χ0n) is 34.8. The topological polar surface area (TPSA) is 182 Å². The molecule has 5 atom stereocenters. The van der Waals surface area contributed by atoms with E-state index in [1.54, 1.807) is 48.7 Å². The van der Waals surface area contributed by atoms with Crippen LogP contribution in [0.1, 0.15) is 111 Å². The van der Waals surface area contributed by atoms with E-state index in [0.717, 1.165) is 23.9 Å². The number of alkyl carbamates (subject to hydrolysis) is 1. The fourth-order valence-corrected chi connectivity index (χ4v) is 9.03. The molecule has 0 radical (unpaired) electrons. The number of amides is 4. The number of nitrogens with one attached hydrogen (secondary N) is 3. The second kappa shape index (κ2) is 15.7. The van der Waals surface area contributed by atoms with Crippen molar-refractivity contribution in [3.05, 3.63) is 42.6 Å². The molecule has 58 heavy (non-hydrogen) atoms. The van der Waals surface area contributed by atoms with Crippen LogP contribution in [0, 0.1) is 23.2 Å². The number of nitrogens with zero attached hydrogens (tertiary/aromatic N) is 2. The van der Waals surface area contributed by atoms with Crippen LogP contribution in [-0.2, 0) is 29.1 Å². The van der Waals surface area contributed by atoms with Crippen molar-refractivity contribution < 1.29 is 41.8 Å². The Hall–Kier alpha value is -4.84. The Labute approximate surface area is 341 Å². The molecular weight excluding hydrogens is 763 g/mol. The molecule has 1 aromatic carbocycles. The van der Waals surface area contributed by atoms with Crippen molar-refractivity contribution in [2.75, 3.05) is 13.7 Å². The Morgan fingerprint density at radius 1 is 1.09 bits per heavy atom. The van der Waals surface area contributed by atoms with E-state index in [-0.39, 0.29) is 25.8 Å². The van der Waals surface area contributed by atoms with Crippen molar-refractivity contribution in [1.82, 2.24) is 25.2 Å². The largest absolute Gasteiger partial charge is 0.497 e. The summed E-state index contributed by atoms with van der Waals surface area (Å²) in [6, 6.07) is 5.13. The van der Waals surface area contributed by atoms with Crippen LogP contribution >= 0.6 is 0 Å². The lowest BCUT2D eigenvalue weighted by Crippen LogP contribution is -2.60. The molecule has 6 rings (SSSR count). The highest BCUT2D eigenvalue weighted by atomic mass is 32.2. The van der Waals surface area contributed by atoms with Crippen LogP contribution in [0.15, 0.2) is 36.9 Å². The first-order chi connectivity index (χ1) is 27.2. The highest BCUT2D eigenvalue weighted by Crippen LogP contribution is 2.49. The molecule has 2 heterocycles. The molecule has 5 unspecified atom stereocenters. The second-order valence-electron chi connectivity index (χ2n) is 18.1. The summed E-state index contributed by atoms with van der Waals surface area (Å²) in [5.41, 5.74) is -1.71. The summed E-state index contributed by atoms with van der Waals surface area (Å²) in [7, 11) is -2.56. The SMILES string of the molecule is C=CC1CC1(NC(=O)C1CC(Oc2cc(C3CC3)nc3cc(OC)ccc23)CN1C(=O)C(NC(=O)OC(C)(C)C)C(C)(C)C)C(=O)NS(=O)(=O)C1(CC#CCC)CC1. The van der Waals surface area contributed by atoms with Crippen LogP contribution in [0.5, 0.6) is 11.5 Å². The number of sulfonamides is 1. The maximum Gasteiger partial charge on any atom is 0.408 e. The van der Waals surface area contributed by atoms with Gasteiger partial charge in [-0.3, -0.25) is 24.1 Å². The van der Waals surface area contributed by atoms with Crippen molar-refractivity contribution in [3.8, 4) is 23.3 Å². The third-order valence-corrected chi connectivity index (χ3v) is 13.4. The van der Waals surface area contributed by atoms with Gasteiger partial charge in [-0.1, -0.05) is 33.8 Å². The van der Waals surface area contributed by atoms with E-state index in [9.17, 15) is 27.6 Å². The van der Waals surface area contributed by atoms with Gasteiger partial charge in [0, 0.05) is 54.3 Å². The van der Waals surface area contributed by atoms with Gasteiger partial charge in [-0.15, -0.1) is 18.4 Å². The maximum absolute atomic E-state index is 14.7. The van der Waals surface area contributed by atoms with E-state index >= 15 is 0 Å². The van der Waals surface area contributed by atoms with Crippen LogP contribution in [-0.4, -0.2) is 89.8 Å². The zero-order chi connectivity index (χ0) is 42.4.